The molecule has 1 aliphatic carbocycles. The lowest BCUT2D eigenvalue weighted by atomic mass is 9.75. The van der Waals surface area contributed by atoms with E-state index < -0.39 is 0 Å². The fraction of sp³-hybridized carbons (Fsp3) is 1.00. The molecule has 0 atom stereocenters. The van der Waals surface area contributed by atoms with Gasteiger partial charge in [-0.15, -0.1) is 0 Å². The van der Waals surface area contributed by atoms with E-state index in [0.717, 1.165) is 5.75 Å². The molecule has 0 amide bonds. The monoisotopic (exact) mass is 243 g/mol. The van der Waals surface area contributed by atoms with Crippen LogP contribution in [-0.2, 0) is 0 Å². The summed E-state index contributed by atoms with van der Waals surface area (Å²) in [4.78, 5) is 2.67. The maximum absolute atomic E-state index is 4.63. The normalized spacial score (nSPS) is 20.2. The van der Waals surface area contributed by atoms with Gasteiger partial charge in [0.15, 0.2) is 0 Å². The van der Waals surface area contributed by atoms with Gasteiger partial charge in [-0.05, 0) is 49.9 Å². The topological polar surface area (TPSA) is 3.24 Å². The van der Waals surface area contributed by atoms with Crippen molar-refractivity contribution in [3.8, 4) is 0 Å². The van der Waals surface area contributed by atoms with E-state index in [4.69, 9.17) is 0 Å². The SMILES string of the molecule is CCCN(CCC)CC1(CS)CCCCC1. The van der Waals surface area contributed by atoms with Crippen LogP contribution in [0.4, 0.5) is 0 Å². The summed E-state index contributed by atoms with van der Waals surface area (Å²) in [7, 11) is 0. The summed E-state index contributed by atoms with van der Waals surface area (Å²) in [6, 6.07) is 0. The molecule has 0 spiro atoms. The van der Waals surface area contributed by atoms with Crippen LogP contribution in [0.2, 0.25) is 0 Å². The predicted molar refractivity (Wildman–Crippen MR) is 76.4 cm³/mol. The van der Waals surface area contributed by atoms with Gasteiger partial charge in [0.25, 0.3) is 0 Å². The molecular weight excluding hydrogens is 214 g/mol. The molecule has 96 valence electrons. The van der Waals surface area contributed by atoms with Crippen LogP contribution in [0.25, 0.3) is 0 Å². The molecule has 1 fully saturated rings. The Morgan fingerprint density at radius 1 is 1.00 bits per heavy atom. The van der Waals surface area contributed by atoms with E-state index in [9.17, 15) is 0 Å². The van der Waals surface area contributed by atoms with Crippen molar-refractivity contribution in [2.24, 2.45) is 5.41 Å². The summed E-state index contributed by atoms with van der Waals surface area (Å²) in [5.41, 5.74) is 0.533. The van der Waals surface area contributed by atoms with Crippen molar-refractivity contribution in [2.45, 2.75) is 58.8 Å². The van der Waals surface area contributed by atoms with Crippen LogP contribution in [0.15, 0.2) is 0 Å². The van der Waals surface area contributed by atoms with E-state index in [-0.39, 0.29) is 0 Å². The minimum Gasteiger partial charge on any atom is -0.303 e. The first-order valence-corrected chi connectivity index (χ1v) is 7.73. The average molecular weight is 243 g/mol. The minimum atomic E-state index is 0.533. The summed E-state index contributed by atoms with van der Waals surface area (Å²) < 4.78 is 0. The molecule has 0 aromatic carbocycles. The van der Waals surface area contributed by atoms with Crippen LogP contribution in [0.5, 0.6) is 0 Å². The Labute approximate surface area is 107 Å². The first-order chi connectivity index (χ1) is 7.76. The maximum Gasteiger partial charge on any atom is 0.00458 e. The van der Waals surface area contributed by atoms with Crippen molar-refractivity contribution >= 4 is 12.6 Å². The number of hydrogen-bond donors (Lipinski definition) is 1. The Bertz CT molecular complexity index is 170. The standard InChI is InChI=1S/C14H29NS/c1-3-10-15(11-4-2)12-14(13-16)8-6-5-7-9-14/h16H,3-13H2,1-2H3. The number of hydrogen-bond acceptors (Lipinski definition) is 2. The molecule has 16 heavy (non-hydrogen) atoms. The van der Waals surface area contributed by atoms with Gasteiger partial charge in [0, 0.05) is 6.54 Å². The van der Waals surface area contributed by atoms with E-state index in [1.54, 1.807) is 0 Å². The molecule has 0 aromatic heterocycles. The van der Waals surface area contributed by atoms with Gasteiger partial charge >= 0.3 is 0 Å². The van der Waals surface area contributed by atoms with Gasteiger partial charge in [0.05, 0.1) is 0 Å². The fourth-order valence-electron chi connectivity index (χ4n) is 3.04. The summed E-state index contributed by atoms with van der Waals surface area (Å²) in [6.45, 7) is 8.40. The second-order valence-corrected chi connectivity index (χ2v) is 5.81. The molecule has 1 nitrogen and oxygen atoms in total. The van der Waals surface area contributed by atoms with Crippen molar-refractivity contribution < 1.29 is 0 Å². The van der Waals surface area contributed by atoms with E-state index in [1.807, 2.05) is 0 Å². The van der Waals surface area contributed by atoms with Crippen molar-refractivity contribution in [3.63, 3.8) is 0 Å². The van der Waals surface area contributed by atoms with Crippen molar-refractivity contribution in [1.29, 1.82) is 0 Å². The smallest absolute Gasteiger partial charge is 0.00458 e. The van der Waals surface area contributed by atoms with Crippen molar-refractivity contribution in [3.05, 3.63) is 0 Å². The summed E-state index contributed by atoms with van der Waals surface area (Å²) in [5.74, 6) is 1.08. The minimum absolute atomic E-state index is 0.533. The molecule has 1 saturated carbocycles. The first-order valence-electron chi connectivity index (χ1n) is 7.09. The molecule has 0 heterocycles. The van der Waals surface area contributed by atoms with E-state index in [0.29, 0.717) is 5.41 Å². The lowest BCUT2D eigenvalue weighted by Gasteiger charge is -2.40. The molecule has 0 aliphatic heterocycles. The Kier molecular flexibility index (Phi) is 6.83. The molecule has 0 aromatic rings. The van der Waals surface area contributed by atoms with Crippen LogP contribution in [0.3, 0.4) is 0 Å². The predicted octanol–water partition coefficient (Wildman–Crippen LogP) is 3.99. The lowest BCUT2D eigenvalue weighted by Crippen LogP contribution is -2.41. The third-order valence-electron chi connectivity index (χ3n) is 3.89. The van der Waals surface area contributed by atoms with Crippen molar-refractivity contribution in [1.82, 2.24) is 4.90 Å². The maximum atomic E-state index is 4.63. The summed E-state index contributed by atoms with van der Waals surface area (Å²) in [6.07, 6.45) is 9.66. The van der Waals surface area contributed by atoms with Gasteiger partial charge in [-0.1, -0.05) is 33.1 Å². The van der Waals surface area contributed by atoms with Crippen LogP contribution < -0.4 is 0 Å². The third kappa shape index (κ3) is 4.29. The zero-order valence-corrected chi connectivity index (χ0v) is 12.1. The summed E-state index contributed by atoms with van der Waals surface area (Å²) >= 11 is 4.63. The molecule has 0 saturated heterocycles. The van der Waals surface area contributed by atoms with Crippen molar-refractivity contribution in [2.75, 3.05) is 25.4 Å². The molecule has 1 aliphatic rings. The average Bonchev–Trinajstić information content (AvgIpc) is 2.31. The van der Waals surface area contributed by atoms with Crippen LogP contribution >= 0.6 is 12.6 Å². The van der Waals surface area contributed by atoms with E-state index >= 15 is 0 Å². The largest absolute Gasteiger partial charge is 0.303 e. The second kappa shape index (κ2) is 7.60. The highest BCUT2D eigenvalue weighted by Gasteiger charge is 2.32. The van der Waals surface area contributed by atoms with Gasteiger partial charge in [0.2, 0.25) is 0 Å². The quantitative estimate of drug-likeness (QED) is 0.662. The van der Waals surface area contributed by atoms with E-state index in [1.165, 1.54) is 64.6 Å². The van der Waals surface area contributed by atoms with Crippen LogP contribution in [0.1, 0.15) is 58.8 Å². The van der Waals surface area contributed by atoms with Gasteiger partial charge in [-0.2, -0.15) is 12.6 Å². The highest BCUT2D eigenvalue weighted by Crippen LogP contribution is 2.38. The van der Waals surface area contributed by atoms with Gasteiger partial charge in [-0.3, -0.25) is 0 Å². The lowest BCUT2D eigenvalue weighted by molar-refractivity contribution is 0.125. The van der Waals surface area contributed by atoms with Crippen LogP contribution in [-0.4, -0.2) is 30.3 Å². The molecule has 0 unspecified atom stereocenters. The van der Waals surface area contributed by atoms with Gasteiger partial charge in [0.1, 0.15) is 0 Å². The molecule has 0 radical (unpaired) electrons. The number of rotatable bonds is 7. The van der Waals surface area contributed by atoms with Gasteiger partial charge in [-0.25, -0.2) is 0 Å². The zero-order chi connectivity index (χ0) is 11.9. The Morgan fingerprint density at radius 3 is 2.00 bits per heavy atom. The molecule has 2 heteroatoms. The number of thiol groups is 1. The van der Waals surface area contributed by atoms with E-state index in [2.05, 4.69) is 31.4 Å². The third-order valence-corrected chi connectivity index (χ3v) is 4.56. The molecular formula is C14H29NS. The zero-order valence-electron chi connectivity index (χ0n) is 11.2. The highest BCUT2D eigenvalue weighted by atomic mass is 32.1. The van der Waals surface area contributed by atoms with Gasteiger partial charge < -0.3 is 4.90 Å². The first kappa shape index (κ1) is 14.4. The molecule has 0 N–H and O–H groups in total. The highest BCUT2D eigenvalue weighted by molar-refractivity contribution is 7.80. The Balaban J connectivity index is 2.50. The summed E-state index contributed by atoms with van der Waals surface area (Å²) in [5, 5.41) is 0. The second-order valence-electron chi connectivity index (χ2n) is 5.49. The number of nitrogens with zero attached hydrogens (tertiary/aromatic N) is 1. The fourth-order valence-corrected chi connectivity index (χ4v) is 3.46. The molecule has 0 bridgehead atoms. The Morgan fingerprint density at radius 2 is 1.56 bits per heavy atom. The Hall–Kier alpha value is 0.310. The van der Waals surface area contributed by atoms with Crippen LogP contribution in [0, 0.1) is 5.41 Å². The molecule has 1 rings (SSSR count).